The monoisotopic (exact) mass is 473 g/mol. The molecule has 1 heterocycles. The van der Waals surface area contributed by atoms with Gasteiger partial charge in [0.2, 0.25) is 0 Å². The molecule has 6 atom stereocenters. The van der Waals surface area contributed by atoms with E-state index in [-0.39, 0.29) is 10.8 Å². The summed E-state index contributed by atoms with van der Waals surface area (Å²) < 4.78 is 0. The van der Waals surface area contributed by atoms with Crippen LogP contribution in [-0.2, 0) is 0 Å². The number of pyridine rings is 1. The quantitative estimate of drug-likeness (QED) is 0.268. The highest BCUT2D eigenvalue weighted by Gasteiger charge is 2.57. The van der Waals surface area contributed by atoms with Crippen LogP contribution < -0.4 is 0 Å². The number of hydrogen-bond donors (Lipinski definition) is 1. The standard InChI is InChI=1S/C25H30N2O.C4H7N.C2H6/c1-16-13-19-21-7-6-20(17-5-4-12-26-15-17)24(21,2)11-9-22(19)25(3)10-8-18(27-28)14-23(16)25;1-3-5-4-2;1-2/h4-6,8,10,12,14-16,19,21-22,28H,7,9,11,13H2,1-3H3;3-4H,1H2,2H3;1-2H3/b27-18+;;. The zero-order valence-corrected chi connectivity index (χ0v) is 22.4. The van der Waals surface area contributed by atoms with E-state index in [1.165, 1.54) is 48.6 Å². The maximum atomic E-state index is 9.26. The molecule has 0 aliphatic heterocycles. The Morgan fingerprint density at radius 3 is 2.60 bits per heavy atom. The van der Waals surface area contributed by atoms with Gasteiger partial charge in [-0.2, -0.15) is 0 Å². The van der Waals surface area contributed by atoms with E-state index in [1.807, 2.05) is 39.2 Å². The number of oxime groups is 1. The summed E-state index contributed by atoms with van der Waals surface area (Å²) >= 11 is 0. The maximum Gasteiger partial charge on any atom is 0.102 e. The van der Waals surface area contributed by atoms with Crippen LogP contribution in [-0.4, -0.2) is 22.1 Å². The topological polar surface area (TPSA) is 57.8 Å². The fourth-order valence-corrected chi connectivity index (χ4v) is 7.33. The van der Waals surface area contributed by atoms with Crippen molar-refractivity contribution in [1.29, 1.82) is 0 Å². The number of rotatable bonds is 2. The lowest BCUT2D eigenvalue weighted by Gasteiger charge is -2.58. The van der Waals surface area contributed by atoms with E-state index in [2.05, 4.69) is 72.8 Å². The van der Waals surface area contributed by atoms with Gasteiger partial charge in [-0.15, -0.1) is 0 Å². The predicted molar refractivity (Wildman–Crippen MR) is 149 cm³/mol. The van der Waals surface area contributed by atoms with Crippen molar-refractivity contribution in [2.75, 3.05) is 0 Å². The Balaban J connectivity index is 0.000000438. The fourth-order valence-electron chi connectivity index (χ4n) is 7.33. The number of fused-ring (bicyclic) bond motifs is 5. The van der Waals surface area contributed by atoms with E-state index in [0.717, 1.165) is 5.92 Å². The minimum Gasteiger partial charge on any atom is -0.410 e. The first-order valence-corrected chi connectivity index (χ1v) is 13.2. The first kappa shape index (κ1) is 26.8. The molecule has 0 spiro atoms. The third-order valence-corrected chi connectivity index (χ3v) is 8.81. The molecule has 0 amide bonds. The molecule has 6 unspecified atom stereocenters. The summed E-state index contributed by atoms with van der Waals surface area (Å²) in [6.45, 7) is 16.5. The Morgan fingerprint density at radius 1 is 1.23 bits per heavy atom. The van der Waals surface area contributed by atoms with E-state index >= 15 is 0 Å². The van der Waals surface area contributed by atoms with Gasteiger partial charge in [-0.25, -0.2) is 0 Å². The second kappa shape index (κ2) is 11.3. The molecule has 4 aliphatic rings. The van der Waals surface area contributed by atoms with Crippen molar-refractivity contribution >= 4 is 17.5 Å². The number of aromatic nitrogens is 1. The SMILES string of the molecule is C=CN=CC.CC.CC1CC2C(CCC3(C)C(c4cccnc4)=CCC23)C2(C)C=C/C(=N\O)C=C12. The zero-order chi connectivity index (χ0) is 25.6. The number of hydrogen-bond acceptors (Lipinski definition) is 4. The normalized spacial score (nSPS) is 35.9. The number of allylic oxidation sites excluding steroid dienone is 6. The summed E-state index contributed by atoms with van der Waals surface area (Å²) in [5.41, 5.74) is 5.35. The lowest BCUT2D eigenvalue weighted by molar-refractivity contribution is -0.0105. The highest BCUT2D eigenvalue weighted by molar-refractivity contribution is 6.05. The summed E-state index contributed by atoms with van der Waals surface area (Å²) in [6.07, 6.45) is 21.0. The van der Waals surface area contributed by atoms with Gasteiger partial charge < -0.3 is 5.21 Å². The fraction of sp³-hybridized carbons (Fsp3) is 0.516. The maximum absolute atomic E-state index is 9.26. The highest BCUT2D eigenvalue weighted by Crippen LogP contribution is 2.66. The molecule has 1 aromatic rings. The summed E-state index contributed by atoms with van der Waals surface area (Å²) in [5, 5.41) is 12.7. The van der Waals surface area contributed by atoms with Crippen LogP contribution in [0.4, 0.5) is 0 Å². The van der Waals surface area contributed by atoms with E-state index in [4.69, 9.17) is 0 Å². The molecule has 0 radical (unpaired) electrons. The molecule has 4 aliphatic carbocycles. The molecule has 0 bridgehead atoms. The molecule has 4 heteroatoms. The number of aliphatic imine (C=N–C) groups is 1. The summed E-state index contributed by atoms with van der Waals surface area (Å²) in [6, 6.07) is 4.29. The molecule has 5 rings (SSSR count). The van der Waals surface area contributed by atoms with Gasteiger partial charge in [-0.3, -0.25) is 9.98 Å². The van der Waals surface area contributed by atoms with Crippen molar-refractivity contribution in [3.8, 4) is 0 Å². The van der Waals surface area contributed by atoms with Crippen LogP contribution in [0.5, 0.6) is 0 Å². The van der Waals surface area contributed by atoms with Crippen molar-refractivity contribution in [3.05, 3.63) is 72.7 Å². The van der Waals surface area contributed by atoms with E-state index < -0.39 is 0 Å². The van der Waals surface area contributed by atoms with Crippen molar-refractivity contribution < 1.29 is 5.21 Å². The average molecular weight is 474 g/mol. The Hall–Kier alpha value is -2.75. The average Bonchev–Trinajstić information content (AvgIpc) is 3.24. The van der Waals surface area contributed by atoms with Crippen LogP contribution in [0.2, 0.25) is 0 Å². The molecule has 4 nitrogen and oxygen atoms in total. The van der Waals surface area contributed by atoms with E-state index in [0.29, 0.717) is 23.5 Å². The van der Waals surface area contributed by atoms with Crippen LogP contribution in [0, 0.1) is 34.5 Å². The Labute approximate surface area is 212 Å². The molecule has 1 aromatic heterocycles. The molecule has 188 valence electrons. The second-order valence-corrected chi connectivity index (χ2v) is 10.4. The minimum atomic E-state index is 0.0922. The Kier molecular flexibility index (Phi) is 8.69. The van der Waals surface area contributed by atoms with Gasteiger partial charge in [0.05, 0.1) is 0 Å². The van der Waals surface area contributed by atoms with Gasteiger partial charge in [0.25, 0.3) is 0 Å². The first-order valence-electron chi connectivity index (χ1n) is 13.2. The third kappa shape index (κ3) is 4.85. The van der Waals surface area contributed by atoms with Gasteiger partial charge in [0.1, 0.15) is 5.71 Å². The Morgan fingerprint density at radius 2 is 2.00 bits per heavy atom. The minimum absolute atomic E-state index is 0.0922. The lowest BCUT2D eigenvalue weighted by atomic mass is 9.46. The Bertz CT molecular complexity index is 1030. The molecule has 1 N–H and O–H groups in total. The van der Waals surface area contributed by atoms with Gasteiger partial charge in [-0.05, 0) is 91.0 Å². The van der Waals surface area contributed by atoms with Crippen LogP contribution in [0.3, 0.4) is 0 Å². The first-order chi connectivity index (χ1) is 16.9. The van der Waals surface area contributed by atoms with Crippen molar-refractivity contribution in [3.63, 3.8) is 0 Å². The molecule has 2 fully saturated rings. The highest BCUT2D eigenvalue weighted by atomic mass is 16.4. The van der Waals surface area contributed by atoms with Crippen molar-refractivity contribution in [2.45, 2.75) is 67.2 Å². The molecular weight excluding hydrogens is 430 g/mol. The van der Waals surface area contributed by atoms with Crippen LogP contribution in [0.1, 0.15) is 72.8 Å². The zero-order valence-electron chi connectivity index (χ0n) is 22.4. The van der Waals surface area contributed by atoms with Crippen LogP contribution >= 0.6 is 0 Å². The molecule has 0 saturated heterocycles. The molecule has 2 saturated carbocycles. The third-order valence-electron chi connectivity index (χ3n) is 8.81. The van der Waals surface area contributed by atoms with E-state index in [1.54, 1.807) is 6.21 Å². The predicted octanol–water partition coefficient (Wildman–Crippen LogP) is 8.14. The number of nitrogens with zero attached hydrogens (tertiary/aromatic N) is 3. The van der Waals surface area contributed by atoms with Gasteiger partial charge in [-0.1, -0.05) is 70.1 Å². The summed E-state index contributed by atoms with van der Waals surface area (Å²) in [4.78, 5) is 7.99. The summed E-state index contributed by atoms with van der Waals surface area (Å²) in [7, 11) is 0. The van der Waals surface area contributed by atoms with E-state index in [9.17, 15) is 5.21 Å². The largest absolute Gasteiger partial charge is 0.410 e. The van der Waals surface area contributed by atoms with Crippen molar-refractivity contribution in [1.82, 2.24) is 4.98 Å². The lowest BCUT2D eigenvalue weighted by Crippen LogP contribution is -2.50. The van der Waals surface area contributed by atoms with Crippen LogP contribution in [0.25, 0.3) is 5.57 Å². The van der Waals surface area contributed by atoms with Gasteiger partial charge in [0, 0.05) is 30.2 Å². The van der Waals surface area contributed by atoms with Gasteiger partial charge >= 0.3 is 0 Å². The summed E-state index contributed by atoms with van der Waals surface area (Å²) in [5.74, 6) is 2.64. The second-order valence-electron chi connectivity index (χ2n) is 10.4. The van der Waals surface area contributed by atoms with Gasteiger partial charge in [0.15, 0.2) is 0 Å². The molecule has 35 heavy (non-hydrogen) atoms. The van der Waals surface area contributed by atoms with Crippen molar-refractivity contribution in [2.24, 2.45) is 44.6 Å². The smallest absolute Gasteiger partial charge is 0.102 e. The molecule has 0 aromatic carbocycles. The van der Waals surface area contributed by atoms with Crippen LogP contribution in [0.15, 0.2) is 77.3 Å². The molecular formula is C31H43N3O.